The van der Waals surface area contributed by atoms with Crippen LogP contribution in [0.5, 0.6) is 0 Å². The van der Waals surface area contributed by atoms with Gasteiger partial charge in [-0.15, -0.1) is 0 Å². The maximum atomic E-state index is 13.2. The van der Waals surface area contributed by atoms with Crippen molar-refractivity contribution in [3.8, 4) is 0 Å². The molecule has 2 unspecified atom stereocenters. The molecule has 0 spiro atoms. The Bertz CT molecular complexity index is 797. The maximum absolute atomic E-state index is 13.2. The Kier molecular flexibility index (Phi) is 8.70. The van der Waals surface area contributed by atoms with Crippen molar-refractivity contribution in [1.82, 2.24) is 4.90 Å². The van der Waals surface area contributed by atoms with Crippen LogP contribution in [0.25, 0.3) is 10.4 Å². The molecule has 0 aromatic heterocycles. The third kappa shape index (κ3) is 6.89. The molecule has 1 N–H and O–H groups in total. The largest absolute Gasteiger partial charge is 0.480 e. The van der Waals surface area contributed by atoms with Crippen LogP contribution in [0.1, 0.15) is 31.7 Å². The van der Waals surface area contributed by atoms with Crippen molar-refractivity contribution in [2.45, 2.75) is 44.7 Å². The molecule has 1 amide bonds. The quantitative estimate of drug-likeness (QED) is 0.191. The SMILES string of the molecule is CCOP(=O)(CCCCc1ccccc1)CC(=O)N1CC(N=[N+]=[N-])C[C@H]1C(=O)O. The fourth-order valence-corrected chi connectivity index (χ4v) is 5.68. The van der Waals surface area contributed by atoms with E-state index in [-0.39, 0.29) is 31.9 Å². The third-order valence-corrected chi connectivity index (χ3v) is 7.38. The molecule has 1 aliphatic heterocycles. The van der Waals surface area contributed by atoms with Crippen LogP contribution in [0, 0.1) is 0 Å². The van der Waals surface area contributed by atoms with Crippen molar-refractivity contribution in [1.29, 1.82) is 0 Å². The predicted octanol–water partition coefficient (Wildman–Crippen LogP) is 3.69. The summed E-state index contributed by atoms with van der Waals surface area (Å²) in [7, 11) is -3.23. The van der Waals surface area contributed by atoms with Crippen LogP contribution >= 0.6 is 7.37 Å². The minimum Gasteiger partial charge on any atom is -0.480 e. The van der Waals surface area contributed by atoms with Crippen molar-refractivity contribution in [2.75, 3.05) is 25.5 Å². The molecule has 10 heteroatoms. The van der Waals surface area contributed by atoms with Crippen molar-refractivity contribution in [3.63, 3.8) is 0 Å². The van der Waals surface area contributed by atoms with Crippen molar-refractivity contribution in [2.24, 2.45) is 5.11 Å². The normalized spacial score (nSPS) is 20.7. The highest BCUT2D eigenvalue weighted by Crippen LogP contribution is 2.48. The summed E-state index contributed by atoms with van der Waals surface area (Å²) in [5.74, 6) is -1.70. The molecule has 1 aliphatic rings. The topological polar surface area (TPSA) is 133 Å². The summed E-state index contributed by atoms with van der Waals surface area (Å²) in [6.07, 6.45) is 2.30. The molecule has 0 saturated carbocycles. The van der Waals surface area contributed by atoms with Gasteiger partial charge in [-0.25, -0.2) is 4.79 Å². The van der Waals surface area contributed by atoms with Crippen molar-refractivity contribution in [3.05, 3.63) is 46.3 Å². The van der Waals surface area contributed by atoms with E-state index >= 15 is 0 Å². The van der Waals surface area contributed by atoms with Gasteiger partial charge in [0.05, 0.1) is 12.6 Å². The lowest BCUT2D eigenvalue weighted by atomic mass is 10.1. The van der Waals surface area contributed by atoms with Gasteiger partial charge in [-0.2, -0.15) is 0 Å². The first-order chi connectivity index (χ1) is 13.9. The summed E-state index contributed by atoms with van der Waals surface area (Å²) in [6.45, 7) is 1.95. The second-order valence-electron chi connectivity index (χ2n) is 7.05. The average Bonchev–Trinajstić information content (AvgIpc) is 3.11. The fourth-order valence-electron chi connectivity index (χ4n) is 3.53. The summed E-state index contributed by atoms with van der Waals surface area (Å²) in [4.78, 5) is 28.1. The van der Waals surface area contributed by atoms with Gasteiger partial charge in [0.1, 0.15) is 12.2 Å². The molecule has 3 atom stereocenters. The Labute approximate surface area is 170 Å². The number of hydrogen-bond donors (Lipinski definition) is 1. The maximum Gasteiger partial charge on any atom is 0.326 e. The van der Waals surface area contributed by atoms with Crippen LogP contribution in [0.2, 0.25) is 0 Å². The van der Waals surface area contributed by atoms with Gasteiger partial charge < -0.3 is 14.5 Å². The summed E-state index contributed by atoms with van der Waals surface area (Å²) in [5.41, 5.74) is 9.77. The highest BCUT2D eigenvalue weighted by Gasteiger charge is 2.41. The molecule has 1 saturated heterocycles. The van der Waals surface area contributed by atoms with E-state index in [1.807, 2.05) is 30.3 Å². The zero-order valence-corrected chi connectivity index (χ0v) is 17.4. The van der Waals surface area contributed by atoms with Gasteiger partial charge in [0.2, 0.25) is 13.3 Å². The lowest BCUT2D eigenvalue weighted by Crippen LogP contribution is -2.42. The molecular weight excluding hydrogens is 395 g/mol. The molecule has 29 heavy (non-hydrogen) atoms. The van der Waals surface area contributed by atoms with Crippen LogP contribution in [-0.4, -0.2) is 59.4 Å². The number of amides is 1. The monoisotopic (exact) mass is 422 g/mol. The summed E-state index contributed by atoms with van der Waals surface area (Å²) >= 11 is 0. The number of rotatable bonds is 11. The average molecular weight is 422 g/mol. The number of carbonyl (C=O) groups is 2. The number of nitrogens with zero attached hydrogens (tertiary/aromatic N) is 4. The Hall–Kier alpha value is -2.34. The minimum absolute atomic E-state index is 0.0139. The van der Waals surface area contributed by atoms with Gasteiger partial charge in [0.25, 0.3) is 0 Å². The number of carboxylic acids is 1. The van der Waals surface area contributed by atoms with Gasteiger partial charge in [-0.1, -0.05) is 35.4 Å². The summed E-state index contributed by atoms with van der Waals surface area (Å²) < 4.78 is 18.6. The Balaban J connectivity index is 1.96. The van der Waals surface area contributed by atoms with E-state index in [0.717, 1.165) is 17.7 Å². The van der Waals surface area contributed by atoms with Gasteiger partial charge in [0.15, 0.2) is 0 Å². The number of azide groups is 1. The van der Waals surface area contributed by atoms with E-state index in [4.69, 9.17) is 10.1 Å². The van der Waals surface area contributed by atoms with Gasteiger partial charge >= 0.3 is 5.97 Å². The van der Waals surface area contributed by atoms with Crippen molar-refractivity contribution >= 4 is 19.2 Å². The number of hydrogen-bond acceptors (Lipinski definition) is 5. The van der Waals surface area contributed by atoms with Gasteiger partial charge in [-0.3, -0.25) is 9.36 Å². The van der Waals surface area contributed by atoms with Gasteiger partial charge in [-0.05, 0) is 43.7 Å². The van der Waals surface area contributed by atoms with E-state index in [9.17, 15) is 19.3 Å². The van der Waals surface area contributed by atoms with E-state index in [1.165, 1.54) is 5.56 Å². The summed E-state index contributed by atoms with van der Waals surface area (Å²) in [5, 5.41) is 12.9. The second kappa shape index (κ2) is 11.0. The number of likely N-dealkylation sites (tertiary alicyclic amines) is 1. The molecule has 1 heterocycles. The van der Waals surface area contributed by atoms with E-state index < -0.39 is 31.3 Å². The zero-order valence-electron chi connectivity index (χ0n) is 16.5. The molecule has 1 aromatic rings. The highest BCUT2D eigenvalue weighted by atomic mass is 31.2. The first kappa shape index (κ1) is 22.9. The highest BCUT2D eigenvalue weighted by molar-refractivity contribution is 7.59. The number of aryl methyl sites for hydroxylation is 1. The molecule has 0 aliphatic carbocycles. The zero-order chi connectivity index (χ0) is 21.3. The first-order valence-electron chi connectivity index (χ1n) is 9.71. The fraction of sp³-hybridized carbons (Fsp3) is 0.579. The smallest absolute Gasteiger partial charge is 0.326 e. The Morgan fingerprint density at radius 3 is 2.69 bits per heavy atom. The van der Waals surface area contributed by atoms with Gasteiger partial charge in [0, 0.05) is 17.6 Å². The van der Waals surface area contributed by atoms with E-state index in [0.29, 0.717) is 6.42 Å². The molecule has 1 fully saturated rings. The van der Waals surface area contributed by atoms with Crippen molar-refractivity contribution < 1.29 is 23.8 Å². The molecule has 1 aromatic carbocycles. The summed E-state index contributed by atoms with van der Waals surface area (Å²) in [6, 6.07) is 8.29. The van der Waals surface area contributed by atoms with Crippen LogP contribution in [-0.2, 0) is 25.1 Å². The predicted molar refractivity (Wildman–Crippen MR) is 109 cm³/mol. The molecule has 0 bridgehead atoms. The second-order valence-corrected chi connectivity index (χ2v) is 9.70. The number of carboxylic acid groups (broad SMARTS) is 1. The van der Waals surface area contributed by atoms with Crippen LogP contribution in [0.3, 0.4) is 0 Å². The number of carbonyl (C=O) groups excluding carboxylic acids is 1. The molecule has 9 nitrogen and oxygen atoms in total. The van der Waals surface area contributed by atoms with Crippen LogP contribution < -0.4 is 0 Å². The Morgan fingerprint density at radius 2 is 2.07 bits per heavy atom. The van der Waals surface area contributed by atoms with Crippen LogP contribution in [0.15, 0.2) is 35.4 Å². The molecular formula is C19H27N4O5P. The lowest BCUT2D eigenvalue weighted by Gasteiger charge is -2.24. The number of benzene rings is 1. The molecule has 0 radical (unpaired) electrons. The molecule has 158 valence electrons. The van der Waals surface area contributed by atoms with E-state index in [2.05, 4.69) is 10.0 Å². The Morgan fingerprint density at radius 1 is 1.34 bits per heavy atom. The standard InChI is InChI=1S/C19H27N4O5P/c1-2-28-29(27,11-7-6-10-15-8-4-3-5-9-15)14-18(24)23-13-16(21-22-20)12-17(23)19(25)26/h3-5,8-9,16-17H,2,6-7,10-14H2,1H3,(H,25,26)/t16?,17-,29?/m0/s1. The number of unbranched alkanes of at least 4 members (excludes halogenated alkanes) is 1. The van der Waals surface area contributed by atoms with Crippen LogP contribution in [0.4, 0.5) is 0 Å². The molecule has 2 rings (SSSR count). The number of aliphatic carboxylic acids is 1. The third-order valence-electron chi connectivity index (χ3n) is 4.90. The minimum atomic E-state index is -3.23. The lowest BCUT2D eigenvalue weighted by molar-refractivity contribution is -0.147. The first-order valence-corrected chi connectivity index (χ1v) is 11.7. The van der Waals surface area contributed by atoms with E-state index in [1.54, 1.807) is 6.92 Å².